The van der Waals surface area contributed by atoms with Crippen LogP contribution in [-0.2, 0) is 9.59 Å². The third-order valence-electron chi connectivity index (χ3n) is 5.40. The number of aliphatic hydroxyl groups excluding tert-OH is 1. The van der Waals surface area contributed by atoms with Gasteiger partial charge in [0.1, 0.15) is 29.1 Å². The molecule has 1 unspecified atom stereocenters. The van der Waals surface area contributed by atoms with Crippen molar-refractivity contribution in [3.63, 3.8) is 0 Å². The van der Waals surface area contributed by atoms with Gasteiger partial charge in [-0.15, -0.1) is 0 Å². The molecule has 32 heavy (non-hydrogen) atoms. The van der Waals surface area contributed by atoms with Crippen molar-refractivity contribution >= 4 is 23.1 Å². The molecule has 1 atom stereocenters. The average molecular weight is 431 g/mol. The van der Waals surface area contributed by atoms with Crippen molar-refractivity contribution in [3.8, 4) is 5.75 Å². The standard InChI is InChI=1S/C26H25NO5/c1-5-31-20-9-7-18(8-10-20)24(28)22-23(21-11-6-17(4)32-21)27(26(30)25(22)29)19-13-15(2)12-16(3)14-19/h6-14,23,28H,5H2,1-4H3/b24-22-. The van der Waals surface area contributed by atoms with E-state index in [0.29, 0.717) is 35.1 Å². The first-order valence-electron chi connectivity index (χ1n) is 10.5. The maximum absolute atomic E-state index is 13.2. The van der Waals surface area contributed by atoms with Crippen molar-refractivity contribution in [1.29, 1.82) is 0 Å². The molecule has 2 aromatic carbocycles. The molecule has 3 aromatic rings. The Bertz CT molecular complexity index is 1200. The lowest BCUT2D eigenvalue weighted by Crippen LogP contribution is -2.29. The number of hydrogen-bond acceptors (Lipinski definition) is 5. The van der Waals surface area contributed by atoms with Gasteiger partial charge in [-0.2, -0.15) is 0 Å². The normalized spacial score (nSPS) is 17.8. The summed E-state index contributed by atoms with van der Waals surface area (Å²) in [4.78, 5) is 27.7. The van der Waals surface area contributed by atoms with E-state index in [-0.39, 0.29) is 11.3 Å². The van der Waals surface area contributed by atoms with Gasteiger partial charge in [0.25, 0.3) is 11.7 Å². The molecule has 0 bridgehead atoms. The van der Waals surface area contributed by atoms with Crippen LogP contribution in [-0.4, -0.2) is 23.4 Å². The van der Waals surface area contributed by atoms with Gasteiger partial charge in [0.05, 0.1) is 12.2 Å². The van der Waals surface area contributed by atoms with E-state index >= 15 is 0 Å². The number of carbonyl (C=O) groups excluding carboxylic acids is 2. The van der Waals surface area contributed by atoms with E-state index in [0.717, 1.165) is 11.1 Å². The zero-order valence-corrected chi connectivity index (χ0v) is 18.5. The first-order chi connectivity index (χ1) is 15.3. The van der Waals surface area contributed by atoms with Crippen LogP contribution in [0, 0.1) is 20.8 Å². The van der Waals surface area contributed by atoms with Crippen LogP contribution in [0.5, 0.6) is 5.75 Å². The molecule has 0 saturated carbocycles. The predicted molar refractivity (Wildman–Crippen MR) is 122 cm³/mol. The van der Waals surface area contributed by atoms with Crippen molar-refractivity contribution in [1.82, 2.24) is 0 Å². The SMILES string of the molecule is CCOc1ccc(/C(O)=C2/C(=O)C(=O)N(c3cc(C)cc(C)c3)C2c2ccc(C)o2)cc1. The highest BCUT2D eigenvalue weighted by atomic mass is 16.5. The molecule has 4 rings (SSSR count). The number of carbonyl (C=O) groups is 2. The highest BCUT2D eigenvalue weighted by Gasteiger charge is 2.48. The van der Waals surface area contributed by atoms with Crippen LogP contribution in [0.4, 0.5) is 5.69 Å². The van der Waals surface area contributed by atoms with E-state index in [9.17, 15) is 14.7 Å². The molecule has 2 heterocycles. The van der Waals surface area contributed by atoms with Crippen LogP contribution in [0.1, 0.15) is 41.2 Å². The zero-order valence-electron chi connectivity index (χ0n) is 18.5. The quantitative estimate of drug-likeness (QED) is 0.340. The fourth-order valence-electron chi connectivity index (χ4n) is 4.09. The van der Waals surface area contributed by atoms with Crippen molar-refractivity contribution in [2.75, 3.05) is 11.5 Å². The first-order valence-corrected chi connectivity index (χ1v) is 10.5. The molecule has 0 aliphatic carbocycles. The van der Waals surface area contributed by atoms with E-state index in [4.69, 9.17) is 9.15 Å². The number of amides is 1. The predicted octanol–water partition coefficient (Wildman–Crippen LogP) is 5.23. The van der Waals surface area contributed by atoms with Gasteiger partial charge in [-0.25, -0.2) is 0 Å². The molecule has 1 aliphatic rings. The Morgan fingerprint density at radius 1 is 1.00 bits per heavy atom. The summed E-state index contributed by atoms with van der Waals surface area (Å²) >= 11 is 0. The third kappa shape index (κ3) is 3.80. The number of aryl methyl sites for hydroxylation is 3. The summed E-state index contributed by atoms with van der Waals surface area (Å²) in [5.41, 5.74) is 2.91. The van der Waals surface area contributed by atoms with Gasteiger partial charge in [0.2, 0.25) is 0 Å². The summed E-state index contributed by atoms with van der Waals surface area (Å²) < 4.78 is 11.3. The number of ether oxygens (including phenoxy) is 1. The third-order valence-corrected chi connectivity index (χ3v) is 5.40. The number of anilines is 1. The van der Waals surface area contributed by atoms with Crippen molar-refractivity contribution in [2.45, 2.75) is 33.7 Å². The van der Waals surface area contributed by atoms with Gasteiger partial charge in [0.15, 0.2) is 0 Å². The molecule has 0 spiro atoms. The van der Waals surface area contributed by atoms with Crippen LogP contribution < -0.4 is 9.64 Å². The van der Waals surface area contributed by atoms with Gasteiger partial charge in [-0.1, -0.05) is 6.07 Å². The van der Waals surface area contributed by atoms with Crippen molar-refractivity contribution in [2.24, 2.45) is 0 Å². The molecular formula is C26H25NO5. The minimum atomic E-state index is -0.878. The van der Waals surface area contributed by atoms with Gasteiger partial charge in [-0.05, 0) is 87.4 Å². The van der Waals surface area contributed by atoms with Crippen LogP contribution in [0.3, 0.4) is 0 Å². The number of rotatable bonds is 5. The summed E-state index contributed by atoms with van der Waals surface area (Å²) in [7, 11) is 0. The second-order valence-corrected chi connectivity index (χ2v) is 7.92. The number of Topliss-reactive ketones (excluding diaryl/α,β-unsaturated/α-hetero) is 1. The van der Waals surface area contributed by atoms with Gasteiger partial charge >= 0.3 is 0 Å². The second kappa shape index (κ2) is 8.38. The molecule has 1 saturated heterocycles. The molecule has 1 N–H and O–H groups in total. The van der Waals surface area contributed by atoms with Crippen LogP contribution in [0.2, 0.25) is 0 Å². The first kappa shape index (κ1) is 21.4. The van der Waals surface area contributed by atoms with Crippen LogP contribution >= 0.6 is 0 Å². The molecular weight excluding hydrogens is 406 g/mol. The summed E-state index contributed by atoms with van der Waals surface area (Å²) in [6.07, 6.45) is 0. The summed E-state index contributed by atoms with van der Waals surface area (Å²) in [6.45, 7) is 8.05. The maximum Gasteiger partial charge on any atom is 0.300 e. The van der Waals surface area contributed by atoms with E-state index in [2.05, 4.69) is 0 Å². The average Bonchev–Trinajstić information content (AvgIpc) is 3.29. The maximum atomic E-state index is 13.2. The Kier molecular flexibility index (Phi) is 5.61. The summed E-state index contributed by atoms with van der Waals surface area (Å²) in [5, 5.41) is 11.1. The summed E-state index contributed by atoms with van der Waals surface area (Å²) in [6, 6.07) is 15.1. The van der Waals surface area contributed by atoms with Gasteiger partial charge in [-0.3, -0.25) is 14.5 Å². The Morgan fingerprint density at radius 3 is 2.22 bits per heavy atom. The lowest BCUT2D eigenvalue weighted by molar-refractivity contribution is -0.132. The topological polar surface area (TPSA) is 80.0 Å². The van der Waals surface area contributed by atoms with E-state index < -0.39 is 17.7 Å². The smallest absolute Gasteiger partial charge is 0.300 e. The highest BCUT2D eigenvalue weighted by molar-refractivity contribution is 6.51. The fraction of sp³-hybridized carbons (Fsp3) is 0.231. The number of aliphatic hydroxyl groups is 1. The Balaban J connectivity index is 1.89. The summed E-state index contributed by atoms with van der Waals surface area (Å²) in [5.74, 6) is -0.00756. The molecule has 1 fully saturated rings. The minimum absolute atomic E-state index is 0.00679. The molecule has 1 amide bonds. The molecule has 6 heteroatoms. The molecule has 1 aliphatic heterocycles. The van der Waals surface area contributed by atoms with E-state index in [1.807, 2.05) is 39.0 Å². The number of ketones is 1. The lowest BCUT2D eigenvalue weighted by Gasteiger charge is -2.24. The lowest BCUT2D eigenvalue weighted by atomic mass is 9.99. The minimum Gasteiger partial charge on any atom is -0.507 e. The monoisotopic (exact) mass is 431 g/mol. The van der Waals surface area contributed by atoms with Gasteiger partial charge < -0.3 is 14.3 Å². The Hall–Kier alpha value is -3.80. The van der Waals surface area contributed by atoms with Crippen LogP contribution in [0.15, 0.2) is 64.6 Å². The van der Waals surface area contributed by atoms with Crippen molar-refractivity contribution in [3.05, 3.63) is 88.4 Å². The van der Waals surface area contributed by atoms with Crippen molar-refractivity contribution < 1.29 is 23.8 Å². The molecule has 164 valence electrons. The Morgan fingerprint density at radius 2 is 1.66 bits per heavy atom. The van der Waals surface area contributed by atoms with Crippen LogP contribution in [0.25, 0.3) is 5.76 Å². The number of furan rings is 1. The fourth-order valence-corrected chi connectivity index (χ4v) is 4.09. The largest absolute Gasteiger partial charge is 0.507 e. The number of nitrogens with zero attached hydrogens (tertiary/aromatic N) is 1. The second-order valence-electron chi connectivity index (χ2n) is 7.92. The molecule has 0 radical (unpaired) electrons. The highest BCUT2D eigenvalue weighted by Crippen LogP contribution is 2.43. The Labute approximate surface area is 186 Å². The molecule has 1 aromatic heterocycles. The van der Waals surface area contributed by atoms with Gasteiger partial charge in [0, 0.05) is 11.3 Å². The number of benzene rings is 2. The van der Waals surface area contributed by atoms with E-state index in [1.54, 1.807) is 43.3 Å². The number of hydrogen-bond donors (Lipinski definition) is 1. The zero-order chi connectivity index (χ0) is 23.0. The molecule has 6 nitrogen and oxygen atoms in total. The van der Waals surface area contributed by atoms with E-state index in [1.165, 1.54) is 4.90 Å².